The smallest absolute Gasteiger partial charge is 0.330 e. The normalized spacial score (nSPS) is 12.8. The van der Waals surface area contributed by atoms with Gasteiger partial charge in [0, 0.05) is 6.08 Å². The minimum Gasteiger partial charge on any atom is -0.466 e. The molecule has 0 aromatic rings. The maximum absolute atomic E-state index is 10.9. The number of rotatable bonds is 10. The third kappa shape index (κ3) is 11.5. The summed E-state index contributed by atoms with van der Waals surface area (Å²) < 4.78 is 4.54. The highest BCUT2D eigenvalue weighted by Gasteiger charge is 1.91. The average molecular weight is 276 g/mol. The number of hydrogen-bond donors (Lipinski definition) is 0. The lowest BCUT2D eigenvalue weighted by Crippen LogP contribution is -1.92. The van der Waals surface area contributed by atoms with Crippen LogP contribution in [0.5, 0.6) is 0 Å². The Morgan fingerprint density at radius 2 is 1.70 bits per heavy atom. The summed E-state index contributed by atoms with van der Waals surface area (Å²) in [5.74, 6) is -0.326. The molecule has 0 saturated heterocycles. The molecule has 0 radical (unpaired) electrons. The van der Waals surface area contributed by atoms with E-state index in [1.807, 2.05) is 6.08 Å². The second-order valence-electron chi connectivity index (χ2n) is 4.66. The number of methoxy groups -OCH3 is 1. The van der Waals surface area contributed by atoms with Crippen molar-refractivity contribution in [2.24, 2.45) is 0 Å². The molecule has 0 atom stereocenters. The number of unbranched alkanes of at least 4 members (excludes halogenated alkanes) is 3. The van der Waals surface area contributed by atoms with E-state index < -0.39 is 0 Å². The van der Waals surface area contributed by atoms with Crippen LogP contribution in [0.2, 0.25) is 0 Å². The largest absolute Gasteiger partial charge is 0.466 e. The van der Waals surface area contributed by atoms with E-state index in [1.165, 1.54) is 44.4 Å². The molecule has 112 valence electrons. The standard InChI is InChI=1S/C18H28O2/c1-4-6-8-9-10-14-17(13-7-5-2)15-11-12-16-18(19)20-3/h9-12,14-16H,4-8,13H2,1-3H3/b10-9+,15-11+,16-12+,17-14+. The molecule has 0 aliphatic heterocycles. The first kappa shape index (κ1) is 18.4. The third-order valence-electron chi connectivity index (χ3n) is 2.84. The lowest BCUT2D eigenvalue weighted by molar-refractivity contribution is -0.134. The van der Waals surface area contributed by atoms with Crippen molar-refractivity contribution in [3.8, 4) is 0 Å². The quantitative estimate of drug-likeness (QED) is 0.239. The highest BCUT2D eigenvalue weighted by molar-refractivity contribution is 5.82. The minimum atomic E-state index is -0.326. The summed E-state index contributed by atoms with van der Waals surface area (Å²) in [4.78, 5) is 10.9. The van der Waals surface area contributed by atoms with Gasteiger partial charge in [-0.15, -0.1) is 0 Å². The van der Waals surface area contributed by atoms with Crippen LogP contribution in [-0.2, 0) is 9.53 Å². The second-order valence-corrected chi connectivity index (χ2v) is 4.66. The van der Waals surface area contributed by atoms with Crippen LogP contribution in [0.1, 0.15) is 52.4 Å². The van der Waals surface area contributed by atoms with E-state index in [9.17, 15) is 4.79 Å². The van der Waals surface area contributed by atoms with Crippen molar-refractivity contribution in [3.63, 3.8) is 0 Å². The first-order valence-electron chi connectivity index (χ1n) is 7.53. The molecule has 2 nitrogen and oxygen atoms in total. The Kier molecular flexibility index (Phi) is 12.8. The minimum absolute atomic E-state index is 0.326. The van der Waals surface area contributed by atoms with E-state index in [4.69, 9.17) is 0 Å². The Hall–Kier alpha value is -1.57. The molecule has 0 N–H and O–H groups in total. The number of esters is 1. The maximum Gasteiger partial charge on any atom is 0.330 e. The van der Waals surface area contributed by atoms with Gasteiger partial charge in [-0.05, 0) is 24.8 Å². The number of carbonyl (C=O) groups excluding carboxylic acids is 1. The topological polar surface area (TPSA) is 26.3 Å². The van der Waals surface area contributed by atoms with Crippen LogP contribution in [-0.4, -0.2) is 13.1 Å². The number of hydrogen-bond acceptors (Lipinski definition) is 2. The number of carbonyl (C=O) groups is 1. The van der Waals surface area contributed by atoms with E-state index in [0.717, 1.165) is 12.8 Å². The summed E-state index contributed by atoms with van der Waals surface area (Å²) in [6.07, 6.45) is 20.6. The lowest BCUT2D eigenvalue weighted by atomic mass is 10.1. The molecule has 0 fully saturated rings. The van der Waals surface area contributed by atoms with Crippen molar-refractivity contribution in [2.75, 3.05) is 7.11 Å². The zero-order valence-corrected chi connectivity index (χ0v) is 13.1. The predicted octanol–water partition coefficient (Wildman–Crippen LogP) is 5.13. The molecule has 0 saturated carbocycles. The van der Waals surface area contributed by atoms with Gasteiger partial charge in [-0.1, -0.05) is 69.6 Å². The van der Waals surface area contributed by atoms with Crippen LogP contribution in [0.3, 0.4) is 0 Å². The Morgan fingerprint density at radius 1 is 1.00 bits per heavy atom. The van der Waals surface area contributed by atoms with Crippen LogP contribution in [0.25, 0.3) is 0 Å². The van der Waals surface area contributed by atoms with E-state index >= 15 is 0 Å². The molecule has 0 spiro atoms. The lowest BCUT2D eigenvalue weighted by Gasteiger charge is -1.98. The van der Waals surface area contributed by atoms with Crippen molar-refractivity contribution in [1.82, 2.24) is 0 Å². The van der Waals surface area contributed by atoms with Crippen molar-refractivity contribution in [2.45, 2.75) is 52.4 Å². The molecular formula is C18H28O2. The fraction of sp³-hybridized carbons (Fsp3) is 0.500. The van der Waals surface area contributed by atoms with Gasteiger partial charge in [0.05, 0.1) is 7.11 Å². The van der Waals surface area contributed by atoms with Crippen molar-refractivity contribution in [3.05, 3.63) is 48.1 Å². The molecule has 0 rings (SSSR count). The molecule has 0 amide bonds. The van der Waals surface area contributed by atoms with Gasteiger partial charge in [0.1, 0.15) is 0 Å². The van der Waals surface area contributed by atoms with E-state index in [0.29, 0.717) is 0 Å². The van der Waals surface area contributed by atoms with Gasteiger partial charge >= 0.3 is 5.97 Å². The van der Waals surface area contributed by atoms with Gasteiger partial charge in [-0.3, -0.25) is 0 Å². The summed E-state index contributed by atoms with van der Waals surface area (Å²) >= 11 is 0. The summed E-state index contributed by atoms with van der Waals surface area (Å²) in [5.41, 5.74) is 1.29. The van der Waals surface area contributed by atoms with Gasteiger partial charge < -0.3 is 4.74 Å². The van der Waals surface area contributed by atoms with Crippen LogP contribution < -0.4 is 0 Å². The zero-order chi connectivity index (χ0) is 15.1. The fourth-order valence-electron chi connectivity index (χ4n) is 1.59. The molecule has 0 heterocycles. The Bertz CT molecular complexity index is 360. The van der Waals surface area contributed by atoms with Gasteiger partial charge in [0.25, 0.3) is 0 Å². The van der Waals surface area contributed by atoms with Gasteiger partial charge in [0.2, 0.25) is 0 Å². The van der Waals surface area contributed by atoms with Crippen LogP contribution in [0.15, 0.2) is 48.1 Å². The SMILES string of the molecule is CCCC/C=C/C=C(/C=C/C=C/C(=O)OC)CCCC. The molecule has 0 aliphatic carbocycles. The first-order valence-corrected chi connectivity index (χ1v) is 7.53. The molecular weight excluding hydrogens is 248 g/mol. The number of ether oxygens (including phenoxy) is 1. The highest BCUT2D eigenvalue weighted by atomic mass is 16.5. The second kappa shape index (κ2) is 13.9. The van der Waals surface area contributed by atoms with Crippen molar-refractivity contribution < 1.29 is 9.53 Å². The van der Waals surface area contributed by atoms with E-state index in [1.54, 1.807) is 6.08 Å². The van der Waals surface area contributed by atoms with Gasteiger partial charge in [-0.25, -0.2) is 4.79 Å². The van der Waals surface area contributed by atoms with Crippen LogP contribution in [0.4, 0.5) is 0 Å². The van der Waals surface area contributed by atoms with Crippen molar-refractivity contribution in [1.29, 1.82) is 0 Å². The first-order chi connectivity index (χ1) is 9.74. The zero-order valence-electron chi connectivity index (χ0n) is 13.1. The molecule has 0 bridgehead atoms. The summed E-state index contributed by atoms with van der Waals surface area (Å²) in [5, 5.41) is 0. The maximum atomic E-state index is 10.9. The molecule has 20 heavy (non-hydrogen) atoms. The average Bonchev–Trinajstić information content (AvgIpc) is 2.47. The molecule has 0 aliphatic rings. The number of allylic oxidation sites excluding steroid dienone is 7. The molecule has 0 unspecified atom stereocenters. The van der Waals surface area contributed by atoms with E-state index in [-0.39, 0.29) is 5.97 Å². The Morgan fingerprint density at radius 3 is 2.35 bits per heavy atom. The van der Waals surface area contributed by atoms with Gasteiger partial charge in [0.15, 0.2) is 0 Å². The summed E-state index contributed by atoms with van der Waals surface area (Å²) in [6.45, 7) is 4.39. The Labute approximate surface area is 123 Å². The Balaban J connectivity index is 4.42. The van der Waals surface area contributed by atoms with Crippen LogP contribution in [0, 0.1) is 0 Å². The monoisotopic (exact) mass is 276 g/mol. The van der Waals surface area contributed by atoms with Crippen molar-refractivity contribution >= 4 is 5.97 Å². The molecule has 0 aromatic heterocycles. The molecule has 0 aromatic carbocycles. The highest BCUT2D eigenvalue weighted by Crippen LogP contribution is 2.09. The summed E-state index contributed by atoms with van der Waals surface area (Å²) in [7, 11) is 1.38. The predicted molar refractivity (Wildman–Crippen MR) is 86.6 cm³/mol. The third-order valence-corrected chi connectivity index (χ3v) is 2.84. The van der Waals surface area contributed by atoms with Crippen LogP contribution >= 0.6 is 0 Å². The van der Waals surface area contributed by atoms with E-state index in [2.05, 4.69) is 42.9 Å². The molecule has 2 heteroatoms. The fourth-order valence-corrected chi connectivity index (χ4v) is 1.59. The van der Waals surface area contributed by atoms with Gasteiger partial charge in [-0.2, -0.15) is 0 Å². The summed E-state index contributed by atoms with van der Waals surface area (Å²) in [6, 6.07) is 0.